The van der Waals surface area contributed by atoms with Gasteiger partial charge in [0.15, 0.2) is 5.69 Å². The summed E-state index contributed by atoms with van der Waals surface area (Å²) in [6.45, 7) is 1.25. The third-order valence-electron chi connectivity index (χ3n) is 3.92. The number of carbonyl (C=O) groups is 1. The summed E-state index contributed by atoms with van der Waals surface area (Å²) in [6.07, 6.45) is 0. The third kappa shape index (κ3) is 3.63. The molecule has 1 aromatic carbocycles. The highest BCUT2D eigenvalue weighted by molar-refractivity contribution is 7.99. The van der Waals surface area contributed by atoms with Gasteiger partial charge in [0.1, 0.15) is 5.75 Å². The fraction of sp³-hybridized carbons (Fsp3) is 0.353. The minimum Gasteiger partial charge on any atom is -0.497 e. The minimum absolute atomic E-state index is 0.0940. The molecule has 1 aromatic heterocycles. The molecule has 1 saturated heterocycles. The molecule has 3 rings (SSSR count). The second-order valence-corrected chi connectivity index (χ2v) is 6.64. The number of rotatable bonds is 4. The Morgan fingerprint density at radius 1 is 1.12 bits per heavy atom. The molecular formula is C17H19N3O4S. The van der Waals surface area contributed by atoms with Gasteiger partial charge < -0.3 is 14.4 Å². The molecule has 2 aromatic rings. The van der Waals surface area contributed by atoms with Crippen LogP contribution in [0.15, 0.2) is 35.1 Å². The van der Waals surface area contributed by atoms with Crippen LogP contribution in [0.2, 0.25) is 0 Å². The number of amides is 1. The second kappa shape index (κ2) is 7.60. The maximum Gasteiger partial charge on any atom is 0.278 e. The topological polar surface area (TPSA) is 73.7 Å². The van der Waals surface area contributed by atoms with Gasteiger partial charge in [0, 0.05) is 24.6 Å². The van der Waals surface area contributed by atoms with Crippen LogP contribution in [0.1, 0.15) is 10.5 Å². The molecule has 0 atom stereocenters. The average Bonchev–Trinajstić information content (AvgIpc) is 2.68. The van der Waals surface area contributed by atoms with Crippen molar-refractivity contribution in [3.63, 3.8) is 0 Å². The van der Waals surface area contributed by atoms with Crippen molar-refractivity contribution in [1.29, 1.82) is 0 Å². The summed E-state index contributed by atoms with van der Waals surface area (Å²) in [4.78, 5) is 26.7. The Morgan fingerprint density at radius 2 is 1.80 bits per heavy atom. The lowest BCUT2D eigenvalue weighted by molar-refractivity contribution is 0.0762. The summed E-state index contributed by atoms with van der Waals surface area (Å²) in [7, 11) is 3.04. The highest BCUT2D eigenvalue weighted by atomic mass is 32.2. The zero-order valence-electron chi connectivity index (χ0n) is 14.1. The number of thioether (sulfide) groups is 1. The number of carbonyl (C=O) groups excluding carboxylic acids is 1. The van der Waals surface area contributed by atoms with Crippen molar-refractivity contribution in [1.82, 2.24) is 14.7 Å². The highest BCUT2D eigenvalue weighted by Crippen LogP contribution is 2.19. The maximum absolute atomic E-state index is 12.7. The first kappa shape index (κ1) is 17.3. The number of ether oxygens (including phenoxy) is 2. The van der Waals surface area contributed by atoms with E-state index in [2.05, 4.69) is 5.10 Å². The van der Waals surface area contributed by atoms with Gasteiger partial charge in [-0.15, -0.1) is 0 Å². The quantitative estimate of drug-likeness (QED) is 0.820. The number of aromatic nitrogens is 2. The van der Waals surface area contributed by atoms with E-state index >= 15 is 0 Å². The van der Waals surface area contributed by atoms with Crippen LogP contribution in [0.4, 0.5) is 0 Å². The molecule has 7 nitrogen and oxygen atoms in total. The summed E-state index contributed by atoms with van der Waals surface area (Å²) in [5.74, 6) is 2.37. The van der Waals surface area contributed by atoms with Gasteiger partial charge in [-0.2, -0.15) is 16.9 Å². The lowest BCUT2D eigenvalue weighted by Crippen LogP contribution is -2.41. The monoisotopic (exact) mass is 361 g/mol. The first-order valence-electron chi connectivity index (χ1n) is 7.84. The van der Waals surface area contributed by atoms with E-state index in [1.54, 1.807) is 48.0 Å². The highest BCUT2D eigenvalue weighted by Gasteiger charge is 2.24. The van der Waals surface area contributed by atoms with E-state index in [0.717, 1.165) is 11.5 Å². The lowest BCUT2D eigenvalue weighted by Gasteiger charge is -2.26. The molecule has 0 aliphatic carbocycles. The minimum atomic E-state index is -0.440. The van der Waals surface area contributed by atoms with Gasteiger partial charge in [0.2, 0.25) is 11.3 Å². The van der Waals surface area contributed by atoms with Crippen molar-refractivity contribution < 1.29 is 14.3 Å². The molecule has 0 N–H and O–H groups in total. The van der Waals surface area contributed by atoms with Crippen LogP contribution < -0.4 is 14.9 Å². The summed E-state index contributed by atoms with van der Waals surface area (Å²) in [5, 5.41) is 4.28. The molecule has 1 aliphatic rings. The first-order valence-corrected chi connectivity index (χ1v) is 8.99. The number of methoxy groups -OCH3 is 2. The van der Waals surface area contributed by atoms with Crippen LogP contribution in [-0.2, 0) is 0 Å². The average molecular weight is 361 g/mol. The molecule has 1 fully saturated rings. The van der Waals surface area contributed by atoms with Gasteiger partial charge in [0.25, 0.3) is 5.91 Å². The van der Waals surface area contributed by atoms with Crippen molar-refractivity contribution in [2.75, 3.05) is 38.8 Å². The summed E-state index contributed by atoms with van der Waals surface area (Å²) in [6, 6.07) is 8.41. The van der Waals surface area contributed by atoms with Crippen molar-refractivity contribution in [3.05, 3.63) is 46.2 Å². The van der Waals surface area contributed by atoms with Crippen LogP contribution >= 0.6 is 11.8 Å². The molecule has 1 aliphatic heterocycles. The molecule has 0 unspecified atom stereocenters. The fourth-order valence-electron chi connectivity index (χ4n) is 2.56. The van der Waals surface area contributed by atoms with Crippen molar-refractivity contribution in [2.45, 2.75) is 0 Å². The zero-order chi connectivity index (χ0) is 17.8. The van der Waals surface area contributed by atoms with E-state index in [1.807, 2.05) is 0 Å². The Hall–Kier alpha value is -2.48. The molecule has 132 valence electrons. The Morgan fingerprint density at radius 3 is 2.40 bits per heavy atom. The van der Waals surface area contributed by atoms with E-state index < -0.39 is 5.43 Å². The fourth-order valence-corrected chi connectivity index (χ4v) is 3.46. The Bertz CT molecular complexity index is 814. The van der Waals surface area contributed by atoms with Gasteiger partial charge in [-0.3, -0.25) is 9.59 Å². The predicted octanol–water partition coefficient (Wildman–Crippen LogP) is 1.44. The van der Waals surface area contributed by atoms with E-state index in [0.29, 0.717) is 24.5 Å². The number of nitrogens with zero attached hydrogens (tertiary/aromatic N) is 3. The molecular weight excluding hydrogens is 342 g/mol. The Balaban J connectivity index is 2.02. The standard InChI is InChI=1S/C17H19N3O4S/c1-23-13-5-3-12(4-6-13)20-15(24-2)11-14(21)16(18-20)17(22)19-7-9-25-10-8-19/h3-6,11H,7-10H2,1-2H3. The lowest BCUT2D eigenvalue weighted by atomic mass is 10.3. The number of benzene rings is 1. The molecule has 0 saturated carbocycles. The van der Waals surface area contributed by atoms with Gasteiger partial charge in [0.05, 0.1) is 26.0 Å². The van der Waals surface area contributed by atoms with Gasteiger partial charge in [-0.05, 0) is 24.3 Å². The number of hydrogen-bond acceptors (Lipinski definition) is 6. The smallest absolute Gasteiger partial charge is 0.278 e. The first-order chi connectivity index (χ1) is 12.1. The van der Waals surface area contributed by atoms with Crippen molar-refractivity contribution in [3.8, 4) is 17.3 Å². The largest absolute Gasteiger partial charge is 0.497 e. The van der Waals surface area contributed by atoms with Crippen molar-refractivity contribution in [2.24, 2.45) is 0 Å². The molecule has 2 heterocycles. The maximum atomic E-state index is 12.7. The van der Waals surface area contributed by atoms with E-state index in [4.69, 9.17) is 9.47 Å². The summed E-state index contributed by atoms with van der Waals surface area (Å²) in [5.41, 5.74) is 0.134. The Kier molecular flexibility index (Phi) is 5.28. The van der Waals surface area contributed by atoms with E-state index in [1.165, 1.54) is 17.9 Å². The zero-order valence-corrected chi connectivity index (χ0v) is 14.9. The SMILES string of the molecule is COc1ccc(-n2nc(C(=O)N3CCSCC3)c(=O)cc2OC)cc1. The predicted molar refractivity (Wildman–Crippen MR) is 96.2 cm³/mol. The summed E-state index contributed by atoms with van der Waals surface area (Å²) >= 11 is 1.80. The molecule has 1 amide bonds. The molecule has 8 heteroatoms. The van der Waals surface area contributed by atoms with E-state index in [-0.39, 0.29) is 17.5 Å². The molecule has 0 radical (unpaired) electrons. The normalized spacial score (nSPS) is 14.2. The van der Waals surface area contributed by atoms with Crippen LogP contribution in [0, 0.1) is 0 Å². The molecule has 25 heavy (non-hydrogen) atoms. The van der Waals surface area contributed by atoms with Gasteiger partial charge >= 0.3 is 0 Å². The Labute approximate surface area is 149 Å². The molecule has 0 bridgehead atoms. The number of hydrogen-bond donors (Lipinski definition) is 0. The third-order valence-corrected chi connectivity index (χ3v) is 4.87. The van der Waals surface area contributed by atoms with Gasteiger partial charge in [-0.25, -0.2) is 4.68 Å². The van der Waals surface area contributed by atoms with Crippen LogP contribution in [-0.4, -0.2) is 59.4 Å². The molecule has 0 spiro atoms. The van der Waals surface area contributed by atoms with Crippen LogP contribution in [0.3, 0.4) is 0 Å². The van der Waals surface area contributed by atoms with E-state index in [9.17, 15) is 9.59 Å². The van der Waals surface area contributed by atoms with Crippen LogP contribution in [0.5, 0.6) is 11.6 Å². The van der Waals surface area contributed by atoms with Crippen molar-refractivity contribution >= 4 is 17.7 Å². The second-order valence-electron chi connectivity index (χ2n) is 5.41. The van der Waals surface area contributed by atoms with Crippen LogP contribution in [0.25, 0.3) is 5.69 Å². The summed E-state index contributed by atoms with van der Waals surface area (Å²) < 4.78 is 11.9. The van der Waals surface area contributed by atoms with Gasteiger partial charge in [-0.1, -0.05) is 0 Å².